The number of hydrogen-bond acceptors (Lipinski definition) is 0. The number of benzene rings is 4. The van der Waals surface area contributed by atoms with Gasteiger partial charge in [0.25, 0.3) is 0 Å². The largest absolute Gasteiger partial charge is 1.00 e. The Hall–Kier alpha value is -2.32. The van der Waals surface area contributed by atoms with Crippen LogP contribution in [0.3, 0.4) is 0 Å². The van der Waals surface area contributed by atoms with Gasteiger partial charge in [0.1, 0.15) is 0 Å². The third-order valence-corrected chi connectivity index (χ3v) is 22.5. The van der Waals surface area contributed by atoms with Gasteiger partial charge in [-0.3, -0.25) is 0 Å². The Morgan fingerprint density at radius 3 is 1.34 bits per heavy atom. The van der Waals surface area contributed by atoms with Crippen molar-refractivity contribution in [2.24, 2.45) is 11.3 Å². The summed E-state index contributed by atoms with van der Waals surface area (Å²) in [5.41, 5.74) is 13.5. The van der Waals surface area contributed by atoms with E-state index in [0.717, 1.165) is 0 Å². The van der Waals surface area contributed by atoms with Gasteiger partial charge in [-0.05, 0) is 0 Å². The van der Waals surface area contributed by atoms with Gasteiger partial charge in [0, 0.05) is 0 Å². The van der Waals surface area contributed by atoms with Crippen molar-refractivity contribution in [2.45, 2.75) is 83.7 Å². The van der Waals surface area contributed by atoms with Gasteiger partial charge in [-0.1, -0.05) is 0 Å². The van der Waals surface area contributed by atoms with E-state index >= 15 is 0 Å². The fourth-order valence-electron chi connectivity index (χ4n) is 7.14. The minimum absolute atomic E-state index is 0. The van der Waals surface area contributed by atoms with Crippen molar-refractivity contribution < 1.29 is 45.8 Å². The standard InChI is InChI=1S/C21H25.C13H10.C10H15.2ClH.Hf/c1-20(2,3)16-7-9-18-14(12-16)11-15-13-17(21(4,5)6)8-10-19(15)18;1-3-7-12(8-4-1)11-13-9-5-2-6-10-13;1-8-5-6-9(7-8)10(2,3)4;;;/h7-13H,1-6H3;1-10H;6-8H,1-4H3;2*1H;/q;;;;;+2/p-2. The third kappa shape index (κ3) is 7.34. The number of hydrogen-bond donors (Lipinski definition) is 0. The molecule has 0 N–H and O–H groups in total. The average Bonchev–Trinajstić information content (AvgIpc) is 3.53. The van der Waals surface area contributed by atoms with Crippen LogP contribution < -0.4 is 24.8 Å². The topological polar surface area (TPSA) is 0 Å². The van der Waals surface area contributed by atoms with Crippen molar-refractivity contribution in [1.82, 2.24) is 0 Å². The van der Waals surface area contributed by atoms with Gasteiger partial charge < -0.3 is 24.8 Å². The maximum absolute atomic E-state index is 3.11. The van der Waals surface area contributed by atoms with E-state index in [4.69, 9.17) is 0 Å². The molecule has 0 aliphatic heterocycles. The molecule has 3 heteroatoms. The van der Waals surface area contributed by atoms with Crippen LogP contribution in [0.25, 0.3) is 11.1 Å². The van der Waals surface area contributed by atoms with E-state index < -0.39 is 21.0 Å². The van der Waals surface area contributed by atoms with Crippen LogP contribution in [0.15, 0.2) is 118 Å². The summed E-state index contributed by atoms with van der Waals surface area (Å²) >= 11 is -3.11. The van der Waals surface area contributed by atoms with Crippen molar-refractivity contribution in [3.05, 3.63) is 151 Å². The molecule has 1 unspecified atom stereocenters. The monoisotopic (exact) mass is 828 g/mol. The molecule has 0 amide bonds. The van der Waals surface area contributed by atoms with Gasteiger partial charge in [0.15, 0.2) is 0 Å². The Kier molecular flexibility index (Phi) is 11.1. The van der Waals surface area contributed by atoms with Crippen LogP contribution in [0.4, 0.5) is 0 Å². The van der Waals surface area contributed by atoms with Crippen LogP contribution in [0.2, 0.25) is 0 Å². The van der Waals surface area contributed by atoms with Gasteiger partial charge in [-0.15, -0.1) is 0 Å². The Bertz CT molecular complexity index is 1730. The Labute approximate surface area is 304 Å². The molecule has 0 heterocycles. The zero-order chi connectivity index (χ0) is 32.3. The summed E-state index contributed by atoms with van der Waals surface area (Å²) in [5, 5.41) is 0. The molecular weight excluding hydrogens is 778 g/mol. The first-order valence-electron chi connectivity index (χ1n) is 16.7. The van der Waals surface area contributed by atoms with E-state index in [2.05, 4.69) is 178 Å². The molecule has 2 aliphatic rings. The van der Waals surface area contributed by atoms with E-state index in [1.165, 1.54) is 39.0 Å². The smallest absolute Gasteiger partial charge is 1.00 e. The molecule has 4 aromatic rings. The molecule has 4 aromatic carbocycles. The van der Waals surface area contributed by atoms with E-state index in [0.29, 0.717) is 9.59 Å². The quantitative estimate of drug-likeness (QED) is 0.230. The van der Waals surface area contributed by atoms with Crippen molar-refractivity contribution in [1.29, 1.82) is 0 Å². The molecular formula is C44H50Cl2Hf. The van der Waals surface area contributed by atoms with Crippen LogP contribution >= 0.6 is 0 Å². The Morgan fingerprint density at radius 2 is 0.979 bits per heavy atom. The fraction of sp³-hybridized carbons (Fsp3) is 0.341. The molecule has 47 heavy (non-hydrogen) atoms. The van der Waals surface area contributed by atoms with E-state index in [1.807, 2.05) is 0 Å². The minimum Gasteiger partial charge on any atom is -1.00 e. The third-order valence-electron chi connectivity index (χ3n) is 9.84. The predicted octanol–water partition coefficient (Wildman–Crippen LogP) is 5.75. The normalized spacial score (nSPS) is 15.7. The second kappa shape index (κ2) is 13.9. The van der Waals surface area contributed by atoms with Crippen molar-refractivity contribution in [3.63, 3.8) is 0 Å². The van der Waals surface area contributed by atoms with Crippen LogP contribution in [0, 0.1) is 11.3 Å². The first kappa shape index (κ1) is 37.5. The molecule has 6 rings (SSSR count). The zero-order valence-electron chi connectivity index (χ0n) is 29.8. The molecule has 0 fully saturated rings. The summed E-state index contributed by atoms with van der Waals surface area (Å²) in [6.07, 6.45) is 5.25. The molecule has 0 bridgehead atoms. The van der Waals surface area contributed by atoms with Crippen LogP contribution in [-0.2, 0) is 31.8 Å². The maximum Gasteiger partial charge on any atom is -1.00 e. The molecule has 1 atom stereocenters. The SMILES string of the molecule is CC1C=C(C(C)(C)C)C=[C]1[Hf+2](=[C](c1ccccc1)c1ccccc1)[CH]1c2cc(C(C)(C)C)ccc2-c2ccc(C(C)(C)C)cc21.[Cl-].[Cl-]. The van der Waals surface area contributed by atoms with Crippen molar-refractivity contribution >= 4 is 3.26 Å². The number of rotatable bonds is 4. The molecule has 244 valence electrons. The van der Waals surface area contributed by atoms with E-state index in [1.54, 1.807) is 17.7 Å². The minimum atomic E-state index is -3.11. The second-order valence-electron chi connectivity index (χ2n) is 16.3. The first-order chi connectivity index (χ1) is 21.1. The van der Waals surface area contributed by atoms with Gasteiger partial charge in [0.05, 0.1) is 0 Å². The van der Waals surface area contributed by atoms with Crippen LogP contribution in [0.1, 0.15) is 106 Å². The molecule has 0 saturated carbocycles. The Morgan fingerprint density at radius 1 is 0.553 bits per heavy atom. The van der Waals surface area contributed by atoms with Gasteiger partial charge in [-0.25, -0.2) is 0 Å². The summed E-state index contributed by atoms with van der Waals surface area (Å²) in [5.74, 6) is 0.438. The molecule has 0 nitrogen and oxygen atoms in total. The molecule has 0 saturated heterocycles. The van der Waals surface area contributed by atoms with E-state index in [9.17, 15) is 0 Å². The summed E-state index contributed by atoms with van der Waals surface area (Å²) in [4.78, 5) is 0. The number of fused-ring (bicyclic) bond motifs is 3. The predicted molar refractivity (Wildman–Crippen MR) is 192 cm³/mol. The zero-order valence-corrected chi connectivity index (χ0v) is 34.9. The Balaban J connectivity index is 0.00000250. The summed E-state index contributed by atoms with van der Waals surface area (Å²) in [7, 11) is 0. The molecule has 0 aromatic heterocycles. The molecule has 0 radical (unpaired) electrons. The fourth-order valence-corrected chi connectivity index (χ4v) is 21.0. The number of halogens is 2. The van der Waals surface area contributed by atoms with Gasteiger partial charge in [-0.2, -0.15) is 0 Å². The van der Waals surface area contributed by atoms with Crippen LogP contribution in [0.5, 0.6) is 0 Å². The van der Waals surface area contributed by atoms with E-state index in [-0.39, 0.29) is 41.1 Å². The second-order valence-corrected chi connectivity index (χ2v) is 25.2. The summed E-state index contributed by atoms with van der Waals surface area (Å²) in [6, 6.07) is 37.7. The van der Waals surface area contributed by atoms with Gasteiger partial charge >= 0.3 is 282 Å². The number of allylic oxidation sites excluding steroid dienone is 4. The van der Waals surface area contributed by atoms with Crippen molar-refractivity contribution in [2.75, 3.05) is 0 Å². The van der Waals surface area contributed by atoms with Gasteiger partial charge in [0.2, 0.25) is 0 Å². The summed E-state index contributed by atoms with van der Waals surface area (Å²) in [6.45, 7) is 23.7. The first-order valence-corrected chi connectivity index (χ1v) is 22.4. The average molecular weight is 828 g/mol. The van der Waals surface area contributed by atoms with Crippen molar-refractivity contribution in [3.8, 4) is 11.1 Å². The maximum atomic E-state index is 2.66. The molecule has 0 spiro atoms. The summed E-state index contributed by atoms with van der Waals surface area (Å²) < 4.78 is 3.77. The van der Waals surface area contributed by atoms with Crippen LogP contribution in [-0.4, -0.2) is 3.26 Å². The molecule has 2 aliphatic carbocycles.